The van der Waals surface area contributed by atoms with Gasteiger partial charge in [0.25, 0.3) is 0 Å². The molecule has 0 rings (SSSR count). The standard InChI is InChI=1S/C35H74NO4P/c1-5-9-13-16-19-21-24-28-32-36(33-29-25-22-20-17-14-10-6-2)35(31-27-12-8-4)40-41(37,38)39-34-30-26-23-18-15-11-7-3/h35H,5-34H2,1-4H3,(H,37,38). The van der Waals surface area contributed by atoms with Crippen LogP contribution in [-0.2, 0) is 13.6 Å². The smallest absolute Gasteiger partial charge is 0.302 e. The lowest BCUT2D eigenvalue weighted by atomic mass is 10.1. The van der Waals surface area contributed by atoms with Crippen molar-refractivity contribution in [3.8, 4) is 0 Å². The topological polar surface area (TPSA) is 59.0 Å². The van der Waals surface area contributed by atoms with Crippen LogP contribution in [0, 0.1) is 0 Å². The Labute approximate surface area is 257 Å². The normalized spacial score (nSPS) is 14.1. The summed E-state index contributed by atoms with van der Waals surface area (Å²) in [6.07, 6.45) is 32.5. The maximum atomic E-state index is 13.0. The van der Waals surface area contributed by atoms with Gasteiger partial charge >= 0.3 is 7.82 Å². The molecule has 0 fully saturated rings. The molecule has 0 saturated carbocycles. The Kier molecular flexibility index (Phi) is 31.5. The summed E-state index contributed by atoms with van der Waals surface area (Å²) >= 11 is 0. The summed E-state index contributed by atoms with van der Waals surface area (Å²) in [7, 11) is -4.08. The first-order valence-corrected chi connectivity index (χ1v) is 19.9. The van der Waals surface area contributed by atoms with E-state index in [2.05, 4.69) is 32.6 Å². The minimum Gasteiger partial charge on any atom is -0.302 e. The molecule has 5 nitrogen and oxygen atoms in total. The maximum Gasteiger partial charge on any atom is 0.473 e. The van der Waals surface area contributed by atoms with E-state index in [1.807, 2.05) is 0 Å². The van der Waals surface area contributed by atoms with Crippen LogP contribution in [0.5, 0.6) is 0 Å². The molecule has 248 valence electrons. The van der Waals surface area contributed by atoms with Crippen LogP contribution in [0.25, 0.3) is 0 Å². The van der Waals surface area contributed by atoms with Gasteiger partial charge in [0.1, 0.15) is 6.23 Å². The van der Waals surface area contributed by atoms with Crippen molar-refractivity contribution in [3.63, 3.8) is 0 Å². The molecule has 0 aromatic heterocycles. The van der Waals surface area contributed by atoms with Crippen molar-refractivity contribution in [2.24, 2.45) is 0 Å². The van der Waals surface area contributed by atoms with Crippen molar-refractivity contribution in [2.45, 2.75) is 207 Å². The van der Waals surface area contributed by atoms with E-state index in [9.17, 15) is 9.46 Å². The zero-order valence-corrected chi connectivity index (χ0v) is 29.3. The van der Waals surface area contributed by atoms with Gasteiger partial charge in [-0.1, -0.05) is 169 Å². The summed E-state index contributed by atoms with van der Waals surface area (Å²) in [5.74, 6) is 0. The molecule has 0 aromatic rings. The Morgan fingerprint density at radius 2 is 0.854 bits per heavy atom. The molecule has 41 heavy (non-hydrogen) atoms. The second-order valence-electron chi connectivity index (χ2n) is 12.5. The molecule has 2 atom stereocenters. The number of nitrogens with zero attached hydrogens (tertiary/aromatic N) is 1. The van der Waals surface area contributed by atoms with Crippen molar-refractivity contribution >= 4 is 7.82 Å². The van der Waals surface area contributed by atoms with Gasteiger partial charge < -0.3 is 4.89 Å². The molecule has 2 unspecified atom stereocenters. The van der Waals surface area contributed by atoms with Crippen molar-refractivity contribution in [2.75, 3.05) is 19.7 Å². The molecule has 6 heteroatoms. The van der Waals surface area contributed by atoms with Crippen LogP contribution in [0.15, 0.2) is 0 Å². The first kappa shape index (κ1) is 41.1. The number of rotatable bonds is 34. The van der Waals surface area contributed by atoms with E-state index in [0.717, 1.165) is 64.5 Å². The monoisotopic (exact) mass is 604 g/mol. The van der Waals surface area contributed by atoms with Gasteiger partial charge in [0.2, 0.25) is 0 Å². The molecule has 0 aromatic carbocycles. The summed E-state index contributed by atoms with van der Waals surface area (Å²) in [4.78, 5) is 13.1. The molecule has 0 aliphatic carbocycles. The van der Waals surface area contributed by atoms with Gasteiger partial charge in [-0.15, -0.1) is 0 Å². The highest BCUT2D eigenvalue weighted by molar-refractivity contribution is 7.47. The van der Waals surface area contributed by atoms with Crippen molar-refractivity contribution in [3.05, 3.63) is 0 Å². The lowest BCUT2D eigenvalue weighted by Crippen LogP contribution is -2.38. The van der Waals surface area contributed by atoms with E-state index in [-0.39, 0.29) is 6.23 Å². The Morgan fingerprint density at radius 3 is 1.27 bits per heavy atom. The Morgan fingerprint density at radius 1 is 0.512 bits per heavy atom. The zero-order chi connectivity index (χ0) is 30.3. The molecule has 0 aliphatic heterocycles. The second kappa shape index (κ2) is 31.5. The number of hydrogen-bond donors (Lipinski definition) is 1. The molecule has 0 radical (unpaired) electrons. The van der Waals surface area contributed by atoms with E-state index in [0.29, 0.717) is 6.61 Å². The van der Waals surface area contributed by atoms with Crippen molar-refractivity contribution < 1.29 is 18.5 Å². The fraction of sp³-hybridized carbons (Fsp3) is 1.00. The summed E-state index contributed by atoms with van der Waals surface area (Å²) in [6.45, 7) is 11.2. The Hall–Kier alpha value is 0.0700. The molecule has 0 saturated heterocycles. The average molecular weight is 604 g/mol. The SMILES string of the molecule is CCCCCCCCCCN(CCCCCCCCCC)C(CCCCC)OP(=O)(O)OCCCCCCCCC. The minimum atomic E-state index is -4.08. The summed E-state index contributed by atoms with van der Waals surface area (Å²) in [6, 6.07) is 0. The van der Waals surface area contributed by atoms with Crippen LogP contribution < -0.4 is 0 Å². The van der Waals surface area contributed by atoms with Crippen LogP contribution in [0.4, 0.5) is 0 Å². The minimum absolute atomic E-state index is 0.305. The van der Waals surface area contributed by atoms with Gasteiger partial charge in [-0.3, -0.25) is 13.9 Å². The van der Waals surface area contributed by atoms with Gasteiger partial charge in [-0.2, -0.15) is 0 Å². The highest BCUT2D eigenvalue weighted by atomic mass is 31.2. The van der Waals surface area contributed by atoms with Crippen molar-refractivity contribution in [1.82, 2.24) is 4.90 Å². The lowest BCUT2D eigenvalue weighted by molar-refractivity contribution is -0.0134. The van der Waals surface area contributed by atoms with E-state index in [1.165, 1.54) is 122 Å². The van der Waals surface area contributed by atoms with Crippen LogP contribution in [0.1, 0.15) is 201 Å². The van der Waals surface area contributed by atoms with E-state index in [4.69, 9.17) is 9.05 Å². The molecule has 0 aliphatic rings. The van der Waals surface area contributed by atoms with Crippen molar-refractivity contribution in [1.29, 1.82) is 0 Å². The molecular formula is C35H74NO4P. The fourth-order valence-corrected chi connectivity index (χ4v) is 6.56. The molecule has 0 bridgehead atoms. The summed E-state index contributed by atoms with van der Waals surface area (Å²) < 4.78 is 24.5. The zero-order valence-electron chi connectivity index (χ0n) is 28.4. The average Bonchev–Trinajstić information content (AvgIpc) is 2.95. The summed E-state index contributed by atoms with van der Waals surface area (Å²) in [5, 5.41) is 0. The number of unbranched alkanes of at least 4 members (excludes halogenated alkanes) is 22. The van der Waals surface area contributed by atoms with Crippen LogP contribution in [0.2, 0.25) is 0 Å². The number of phosphoric ester groups is 1. The molecule has 0 heterocycles. The van der Waals surface area contributed by atoms with Gasteiger partial charge in [-0.05, 0) is 32.1 Å². The largest absolute Gasteiger partial charge is 0.473 e. The lowest BCUT2D eigenvalue weighted by Gasteiger charge is -2.32. The predicted octanol–water partition coefficient (Wildman–Crippen LogP) is 12.4. The quantitative estimate of drug-likeness (QED) is 0.0450. The van der Waals surface area contributed by atoms with Crippen LogP contribution in [-0.4, -0.2) is 35.7 Å². The highest BCUT2D eigenvalue weighted by Gasteiger charge is 2.30. The molecule has 1 N–H and O–H groups in total. The van der Waals surface area contributed by atoms with E-state index < -0.39 is 7.82 Å². The van der Waals surface area contributed by atoms with Crippen LogP contribution >= 0.6 is 7.82 Å². The number of hydrogen-bond acceptors (Lipinski definition) is 4. The second-order valence-corrected chi connectivity index (χ2v) is 13.9. The predicted molar refractivity (Wildman–Crippen MR) is 180 cm³/mol. The third-order valence-corrected chi connectivity index (χ3v) is 9.34. The highest BCUT2D eigenvalue weighted by Crippen LogP contribution is 2.46. The maximum absolute atomic E-state index is 13.0. The van der Waals surface area contributed by atoms with Gasteiger partial charge in [0.15, 0.2) is 0 Å². The van der Waals surface area contributed by atoms with Gasteiger partial charge in [0, 0.05) is 13.1 Å². The first-order chi connectivity index (χ1) is 20.0. The molecule has 0 amide bonds. The third kappa shape index (κ3) is 28.6. The van der Waals surface area contributed by atoms with E-state index in [1.54, 1.807) is 0 Å². The Balaban J connectivity index is 4.88. The Bertz CT molecular complexity index is 542. The van der Waals surface area contributed by atoms with Crippen LogP contribution in [0.3, 0.4) is 0 Å². The van der Waals surface area contributed by atoms with Gasteiger partial charge in [0.05, 0.1) is 6.61 Å². The first-order valence-electron chi connectivity index (χ1n) is 18.4. The fourth-order valence-electron chi connectivity index (χ4n) is 5.59. The van der Waals surface area contributed by atoms with Gasteiger partial charge in [-0.25, -0.2) is 4.57 Å². The summed E-state index contributed by atoms with van der Waals surface area (Å²) in [5.41, 5.74) is 0. The van der Waals surface area contributed by atoms with E-state index >= 15 is 0 Å². The molecule has 0 spiro atoms. The third-order valence-electron chi connectivity index (χ3n) is 8.32. The number of phosphoric acid groups is 1. The molecular weight excluding hydrogens is 529 g/mol.